The Balaban J connectivity index is 0.000000509. The summed E-state index contributed by atoms with van der Waals surface area (Å²) in [5.74, 6) is -4.03. The van der Waals surface area contributed by atoms with Gasteiger partial charge in [-0.05, 0) is 18.2 Å². The third-order valence-corrected chi connectivity index (χ3v) is 6.12. The number of alkyl halides is 3. The summed E-state index contributed by atoms with van der Waals surface area (Å²) in [6.45, 7) is 4.15. The molecule has 1 aromatic heterocycles. The SMILES string of the molecule is O=C(O)C(F)(F)F.O=C(O)CNC(=O)CN1CCN(Cc2ccc(-c3ccccc3Cl)s2)CC1. The van der Waals surface area contributed by atoms with Gasteiger partial charge in [0.25, 0.3) is 0 Å². The van der Waals surface area contributed by atoms with E-state index in [1.807, 2.05) is 24.3 Å². The fraction of sp³-hybridized carbons (Fsp3) is 0.381. The Labute approximate surface area is 202 Å². The molecule has 0 atom stereocenters. The zero-order chi connectivity index (χ0) is 25.3. The van der Waals surface area contributed by atoms with Gasteiger partial charge in [0.15, 0.2) is 0 Å². The smallest absolute Gasteiger partial charge is 0.480 e. The van der Waals surface area contributed by atoms with Crippen molar-refractivity contribution in [1.29, 1.82) is 0 Å². The number of carbonyl (C=O) groups excluding carboxylic acids is 1. The van der Waals surface area contributed by atoms with Crippen LogP contribution in [-0.4, -0.2) is 83.3 Å². The lowest BCUT2D eigenvalue weighted by Crippen LogP contribution is -2.49. The molecule has 0 radical (unpaired) electrons. The highest BCUT2D eigenvalue weighted by molar-refractivity contribution is 7.15. The lowest BCUT2D eigenvalue weighted by Gasteiger charge is -2.33. The van der Waals surface area contributed by atoms with Crippen molar-refractivity contribution in [3.05, 3.63) is 46.3 Å². The number of rotatable bonds is 7. The van der Waals surface area contributed by atoms with E-state index in [4.69, 9.17) is 26.6 Å². The lowest BCUT2D eigenvalue weighted by molar-refractivity contribution is -0.192. The van der Waals surface area contributed by atoms with E-state index in [1.54, 1.807) is 11.3 Å². The fourth-order valence-electron chi connectivity index (χ4n) is 3.03. The molecule has 1 amide bonds. The van der Waals surface area contributed by atoms with E-state index < -0.39 is 18.1 Å². The highest BCUT2D eigenvalue weighted by Gasteiger charge is 2.38. The molecule has 0 spiro atoms. The van der Waals surface area contributed by atoms with Gasteiger partial charge in [-0.3, -0.25) is 19.4 Å². The van der Waals surface area contributed by atoms with E-state index in [-0.39, 0.29) is 19.0 Å². The highest BCUT2D eigenvalue weighted by Crippen LogP contribution is 2.33. The van der Waals surface area contributed by atoms with E-state index >= 15 is 0 Å². The van der Waals surface area contributed by atoms with Crippen molar-refractivity contribution in [3.8, 4) is 10.4 Å². The zero-order valence-corrected chi connectivity index (χ0v) is 19.4. The minimum atomic E-state index is -5.08. The van der Waals surface area contributed by atoms with Crippen LogP contribution in [0.4, 0.5) is 13.2 Å². The zero-order valence-electron chi connectivity index (χ0n) is 17.8. The number of carboxylic acid groups (broad SMARTS) is 2. The van der Waals surface area contributed by atoms with Crippen molar-refractivity contribution in [3.63, 3.8) is 0 Å². The molecule has 0 saturated carbocycles. The molecular weight excluding hydrogens is 499 g/mol. The van der Waals surface area contributed by atoms with E-state index in [0.717, 1.165) is 43.3 Å². The summed E-state index contributed by atoms with van der Waals surface area (Å²) in [7, 11) is 0. The summed E-state index contributed by atoms with van der Waals surface area (Å²) >= 11 is 8.04. The van der Waals surface area contributed by atoms with Gasteiger partial charge in [0.1, 0.15) is 6.54 Å². The Hall–Kier alpha value is -2.67. The van der Waals surface area contributed by atoms with Crippen LogP contribution in [0.3, 0.4) is 0 Å². The summed E-state index contributed by atoms with van der Waals surface area (Å²) in [5, 5.41) is 18.9. The molecule has 8 nitrogen and oxygen atoms in total. The maximum absolute atomic E-state index is 11.7. The lowest BCUT2D eigenvalue weighted by atomic mass is 10.2. The van der Waals surface area contributed by atoms with E-state index in [1.165, 1.54) is 9.75 Å². The number of nitrogens with one attached hydrogen (secondary N) is 1. The average molecular weight is 522 g/mol. The second-order valence-electron chi connectivity index (χ2n) is 7.27. The highest BCUT2D eigenvalue weighted by atomic mass is 35.5. The Bertz CT molecular complexity index is 994. The molecule has 0 aliphatic carbocycles. The number of piperazine rings is 1. The molecule has 1 aliphatic rings. The second kappa shape index (κ2) is 12.7. The van der Waals surface area contributed by atoms with Gasteiger partial charge in [-0.2, -0.15) is 13.2 Å². The third-order valence-electron chi connectivity index (χ3n) is 4.69. The quantitative estimate of drug-likeness (QED) is 0.514. The molecule has 2 heterocycles. The number of thiophene rings is 1. The number of amides is 1. The minimum absolute atomic E-state index is 0.242. The minimum Gasteiger partial charge on any atom is -0.480 e. The van der Waals surface area contributed by atoms with Crippen LogP contribution in [0.1, 0.15) is 4.88 Å². The molecule has 1 saturated heterocycles. The molecular formula is C21H23ClF3N3O5S. The van der Waals surface area contributed by atoms with Gasteiger partial charge in [-0.15, -0.1) is 11.3 Å². The number of nitrogens with zero attached hydrogens (tertiary/aromatic N) is 2. The first-order valence-corrected chi connectivity index (χ1v) is 11.2. The van der Waals surface area contributed by atoms with Crippen LogP contribution in [0, 0.1) is 0 Å². The monoisotopic (exact) mass is 521 g/mol. The van der Waals surface area contributed by atoms with Crippen molar-refractivity contribution in [1.82, 2.24) is 15.1 Å². The Morgan fingerprint density at radius 3 is 2.15 bits per heavy atom. The van der Waals surface area contributed by atoms with Crippen LogP contribution in [0.15, 0.2) is 36.4 Å². The number of benzene rings is 1. The van der Waals surface area contributed by atoms with Crippen molar-refractivity contribution in [2.75, 3.05) is 39.3 Å². The number of carboxylic acids is 2. The van der Waals surface area contributed by atoms with Gasteiger partial charge in [0.05, 0.1) is 6.54 Å². The summed E-state index contributed by atoms with van der Waals surface area (Å²) in [4.78, 5) is 38.0. The van der Waals surface area contributed by atoms with Crippen molar-refractivity contribution < 1.29 is 37.8 Å². The maximum atomic E-state index is 11.7. The summed E-state index contributed by atoms with van der Waals surface area (Å²) < 4.78 is 31.7. The second-order valence-corrected chi connectivity index (χ2v) is 8.85. The predicted octanol–water partition coefficient (Wildman–Crippen LogP) is 3.02. The van der Waals surface area contributed by atoms with Crippen LogP contribution in [-0.2, 0) is 20.9 Å². The van der Waals surface area contributed by atoms with Gasteiger partial charge in [0, 0.05) is 53.1 Å². The van der Waals surface area contributed by atoms with Gasteiger partial charge >= 0.3 is 18.1 Å². The van der Waals surface area contributed by atoms with E-state index in [2.05, 4.69) is 27.2 Å². The molecule has 1 aliphatic heterocycles. The van der Waals surface area contributed by atoms with E-state index in [9.17, 15) is 22.8 Å². The third kappa shape index (κ3) is 9.29. The number of aliphatic carboxylic acids is 2. The average Bonchev–Trinajstić information content (AvgIpc) is 3.22. The van der Waals surface area contributed by atoms with Crippen molar-refractivity contribution in [2.24, 2.45) is 0 Å². The Morgan fingerprint density at radius 1 is 1.00 bits per heavy atom. The van der Waals surface area contributed by atoms with Gasteiger partial charge in [-0.1, -0.05) is 29.8 Å². The van der Waals surface area contributed by atoms with Gasteiger partial charge < -0.3 is 15.5 Å². The first-order chi connectivity index (χ1) is 16.0. The predicted molar refractivity (Wildman–Crippen MR) is 121 cm³/mol. The van der Waals surface area contributed by atoms with Crippen LogP contribution in [0.5, 0.6) is 0 Å². The van der Waals surface area contributed by atoms with Crippen LogP contribution in [0.25, 0.3) is 10.4 Å². The largest absolute Gasteiger partial charge is 0.490 e. The molecule has 2 aromatic rings. The molecule has 3 rings (SSSR count). The molecule has 0 unspecified atom stereocenters. The Kier molecular flexibility index (Phi) is 10.3. The van der Waals surface area contributed by atoms with E-state index in [0.29, 0.717) is 0 Å². The molecule has 3 N–H and O–H groups in total. The number of carbonyl (C=O) groups is 3. The van der Waals surface area contributed by atoms with Crippen molar-refractivity contribution in [2.45, 2.75) is 12.7 Å². The van der Waals surface area contributed by atoms with Crippen LogP contribution >= 0.6 is 22.9 Å². The van der Waals surface area contributed by atoms with Gasteiger partial charge in [0.2, 0.25) is 5.91 Å². The molecule has 34 heavy (non-hydrogen) atoms. The first-order valence-electron chi connectivity index (χ1n) is 10.0. The maximum Gasteiger partial charge on any atom is 0.490 e. The first kappa shape index (κ1) is 27.6. The van der Waals surface area contributed by atoms with Crippen molar-refractivity contribution >= 4 is 40.8 Å². The molecule has 1 aromatic carbocycles. The Morgan fingerprint density at radius 2 is 1.59 bits per heavy atom. The number of halogens is 4. The normalized spacial score (nSPS) is 14.7. The number of hydrogen-bond acceptors (Lipinski definition) is 6. The summed E-state index contributed by atoms with van der Waals surface area (Å²) in [6, 6.07) is 12.1. The fourth-order valence-corrected chi connectivity index (χ4v) is 4.41. The number of hydrogen-bond donors (Lipinski definition) is 3. The topological polar surface area (TPSA) is 110 Å². The summed E-state index contributed by atoms with van der Waals surface area (Å²) in [5.41, 5.74) is 1.06. The molecule has 13 heteroatoms. The molecule has 1 fully saturated rings. The van der Waals surface area contributed by atoms with Gasteiger partial charge in [-0.25, -0.2) is 4.79 Å². The molecule has 0 bridgehead atoms. The standard InChI is InChI=1S/C19H22ClN3O3S.C2HF3O2/c20-16-4-2-1-3-15(16)17-6-5-14(27-17)12-22-7-9-23(10-8-22)13-18(24)21-11-19(25)26;3-2(4,5)1(6)7/h1-6H,7-13H2,(H,21,24)(H,25,26);(H,6,7). The summed E-state index contributed by atoms with van der Waals surface area (Å²) in [6.07, 6.45) is -5.08. The van der Waals surface area contributed by atoms with Crippen LogP contribution in [0.2, 0.25) is 5.02 Å². The molecule has 186 valence electrons. The van der Waals surface area contributed by atoms with Crippen LogP contribution < -0.4 is 5.32 Å².